The molecule has 1 amide bonds. The van der Waals surface area contributed by atoms with E-state index in [0.717, 1.165) is 28.1 Å². The number of benzene rings is 3. The van der Waals surface area contributed by atoms with Gasteiger partial charge < -0.3 is 5.32 Å². The molecule has 152 valence electrons. The summed E-state index contributed by atoms with van der Waals surface area (Å²) in [7, 11) is 0. The van der Waals surface area contributed by atoms with E-state index in [0.29, 0.717) is 11.6 Å². The first-order chi connectivity index (χ1) is 14.4. The Morgan fingerprint density at radius 1 is 0.867 bits per heavy atom. The molecule has 3 heteroatoms. The van der Waals surface area contributed by atoms with Crippen LogP contribution in [0.25, 0.3) is 0 Å². The second kappa shape index (κ2) is 8.19. The Kier molecular flexibility index (Phi) is 5.45. The normalized spacial score (nSPS) is 16.2. The van der Waals surface area contributed by atoms with E-state index in [1.165, 1.54) is 5.56 Å². The fraction of sp³-hybridized carbons (Fsp3) is 0.222. The molecule has 0 radical (unpaired) electrons. The molecule has 3 nitrogen and oxygen atoms in total. The second-order valence-corrected chi connectivity index (χ2v) is 8.36. The van der Waals surface area contributed by atoms with Crippen LogP contribution in [0.2, 0.25) is 0 Å². The molecule has 30 heavy (non-hydrogen) atoms. The number of hydrogen-bond donors (Lipinski definition) is 1. The van der Waals surface area contributed by atoms with Crippen LogP contribution in [0.15, 0.2) is 84.6 Å². The van der Waals surface area contributed by atoms with Crippen LogP contribution in [-0.2, 0) is 4.79 Å². The number of amides is 1. The number of nitrogens with one attached hydrogen (secondary N) is 1. The van der Waals surface area contributed by atoms with Crippen molar-refractivity contribution in [2.45, 2.75) is 39.7 Å². The molecule has 0 aromatic heterocycles. The standard InChI is InChI=1S/C27H28N2O/c1-18(2)21-11-13-22(14-12-21)26-17-25(28-23-9-5-7-19(3)15-23)27(30)29(26)24-10-6-8-20(4)16-24/h5-18,26,28H,1-4H3/t26-/m1/s1. The summed E-state index contributed by atoms with van der Waals surface area (Å²) in [5.74, 6) is 0.464. The quantitative estimate of drug-likeness (QED) is 0.533. The van der Waals surface area contributed by atoms with Gasteiger partial charge in [0.1, 0.15) is 5.70 Å². The van der Waals surface area contributed by atoms with Crippen LogP contribution < -0.4 is 10.2 Å². The van der Waals surface area contributed by atoms with Gasteiger partial charge in [-0.25, -0.2) is 0 Å². The van der Waals surface area contributed by atoms with E-state index in [4.69, 9.17) is 0 Å². The number of rotatable bonds is 5. The van der Waals surface area contributed by atoms with Crippen LogP contribution >= 0.6 is 0 Å². The molecule has 3 aromatic carbocycles. The minimum Gasteiger partial charge on any atom is -0.351 e. The predicted molar refractivity (Wildman–Crippen MR) is 125 cm³/mol. The van der Waals surface area contributed by atoms with Gasteiger partial charge in [0.15, 0.2) is 0 Å². The van der Waals surface area contributed by atoms with Gasteiger partial charge >= 0.3 is 0 Å². The zero-order valence-corrected chi connectivity index (χ0v) is 18.0. The first-order valence-corrected chi connectivity index (χ1v) is 10.5. The second-order valence-electron chi connectivity index (χ2n) is 8.36. The lowest BCUT2D eigenvalue weighted by atomic mass is 9.98. The Morgan fingerprint density at radius 2 is 1.53 bits per heavy atom. The van der Waals surface area contributed by atoms with Crippen molar-refractivity contribution in [3.8, 4) is 0 Å². The van der Waals surface area contributed by atoms with E-state index in [2.05, 4.69) is 68.6 Å². The highest BCUT2D eigenvalue weighted by Crippen LogP contribution is 2.36. The molecule has 1 atom stereocenters. The number of aryl methyl sites for hydroxylation is 2. The summed E-state index contributed by atoms with van der Waals surface area (Å²) in [6, 6.07) is 24.7. The van der Waals surface area contributed by atoms with Gasteiger partial charge in [-0.15, -0.1) is 0 Å². The average molecular weight is 397 g/mol. The van der Waals surface area contributed by atoms with E-state index in [1.807, 2.05) is 48.2 Å². The average Bonchev–Trinajstić information content (AvgIpc) is 3.04. The van der Waals surface area contributed by atoms with E-state index in [-0.39, 0.29) is 11.9 Å². The molecule has 1 aliphatic rings. The Hall–Kier alpha value is -3.33. The zero-order chi connectivity index (χ0) is 21.3. The molecule has 3 aromatic rings. The predicted octanol–water partition coefficient (Wildman–Crippen LogP) is 6.51. The summed E-state index contributed by atoms with van der Waals surface area (Å²) in [6.45, 7) is 8.48. The SMILES string of the molecule is Cc1cccc(NC2=C[C@H](c3ccc(C(C)C)cc3)N(c3cccc(C)c3)C2=O)c1. The molecule has 0 aliphatic carbocycles. The molecule has 1 aliphatic heterocycles. The lowest BCUT2D eigenvalue weighted by molar-refractivity contribution is -0.114. The molecule has 0 spiro atoms. The van der Waals surface area contributed by atoms with Crippen LogP contribution in [0.4, 0.5) is 11.4 Å². The van der Waals surface area contributed by atoms with Crippen LogP contribution in [-0.4, -0.2) is 5.91 Å². The molecular formula is C27H28N2O. The van der Waals surface area contributed by atoms with Gasteiger partial charge in [-0.2, -0.15) is 0 Å². The number of carbonyl (C=O) groups excluding carboxylic acids is 1. The zero-order valence-electron chi connectivity index (χ0n) is 18.0. The van der Waals surface area contributed by atoms with Crippen molar-refractivity contribution in [2.24, 2.45) is 0 Å². The first-order valence-electron chi connectivity index (χ1n) is 10.5. The summed E-state index contributed by atoms with van der Waals surface area (Å²) in [6.07, 6.45) is 2.04. The van der Waals surface area contributed by atoms with Crippen molar-refractivity contribution in [1.29, 1.82) is 0 Å². The van der Waals surface area contributed by atoms with Crippen LogP contribution in [0.5, 0.6) is 0 Å². The largest absolute Gasteiger partial charge is 0.351 e. The summed E-state index contributed by atoms with van der Waals surface area (Å²) < 4.78 is 0. The van der Waals surface area contributed by atoms with E-state index >= 15 is 0 Å². The first kappa shape index (κ1) is 20.0. The van der Waals surface area contributed by atoms with Crippen molar-refractivity contribution in [3.63, 3.8) is 0 Å². The molecule has 0 saturated carbocycles. The van der Waals surface area contributed by atoms with Crippen molar-refractivity contribution in [3.05, 3.63) is 107 Å². The van der Waals surface area contributed by atoms with Gasteiger partial charge in [0, 0.05) is 11.4 Å². The Morgan fingerprint density at radius 3 is 2.17 bits per heavy atom. The fourth-order valence-electron chi connectivity index (χ4n) is 3.91. The van der Waals surface area contributed by atoms with Gasteiger partial charge in [0.05, 0.1) is 6.04 Å². The number of carbonyl (C=O) groups is 1. The smallest absolute Gasteiger partial charge is 0.275 e. The third kappa shape index (κ3) is 4.02. The summed E-state index contributed by atoms with van der Waals surface area (Å²) in [4.78, 5) is 15.3. The lowest BCUT2D eigenvalue weighted by Gasteiger charge is -2.26. The van der Waals surface area contributed by atoms with E-state index in [1.54, 1.807) is 0 Å². The highest BCUT2D eigenvalue weighted by atomic mass is 16.2. The monoisotopic (exact) mass is 396 g/mol. The van der Waals surface area contributed by atoms with Crippen molar-refractivity contribution in [1.82, 2.24) is 0 Å². The Labute approximate surface area is 179 Å². The molecule has 1 N–H and O–H groups in total. The molecule has 0 bridgehead atoms. The van der Waals surface area contributed by atoms with Gasteiger partial charge in [-0.05, 0) is 72.4 Å². The molecule has 0 unspecified atom stereocenters. The van der Waals surface area contributed by atoms with Crippen LogP contribution in [0, 0.1) is 13.8 Å². The molecule has 0 fully saturated rings. The lowest BCUT2D eigenvalue weighted by Crippen LogP contribution is -2.30. The van der Waals surface area contributed by atoms with Gasteiger partial charge in [0.25, 0.3) is 5.91 Å². The van der Waals surface area contributed by atoms with E-state index < -0.39 is 0 Å². The highest BCUT2D eigenvalue weighted by molar-refractivity contribution is 6.11. The van der Waals surface area contributed by atoms with Gasteiger partial charge in [0.2, 0.25) is 0 Å². The minimum absolute atomic E-state index is 0.0138. The summed E-state index contributed by atoms with van der Waals surface area (Å²) >= 11 is 0. The molecule has 0 saturated heterocycles. The van der Waals surface area contributed by atoms with Crippen molar-refractivity contribution >= 4 is 17.3 Å². The van der Waals surface area contributed by atoms with Gasteiger partial charge in [-0.1, -0.05) is 62.4 Å². The number of anilines is 2. The fourth-order valence-corrected chi connectivity index (χ4v) is 3.91. The highest BCUT2D eigenvalue weighted by Gasteiger charge is 2.34. The summed E-state index contributed by atoms with van der Waals surface area (Å²) in [5, 5.41) is 3.35. The van der Waals surface area contributed by atoms with Crippen LogP contribution in [0.3, 0.4) is 0 Å². The maximum absolute atomic E-state index is 13.5. The number of hydrogen-bond acceptors (Lipinski definition) is 2. The Balaban J connectivity index is 1.73. The maximum Gasteiger partial charge on any atom is 0.275 e. The third-order valence-corrected chi connectivity index (χ3v) is 5.57. The summed E-state index contributed by atoms with van der Waals surface area (Å²) in [5.41, 5.74) is 7.14. The molecule has 4 rings (SSSR count). The third-order valence-electron chi connectivity index (χ3n) is 5.57. The number of nitrogens with zero attached hydrogens (tertiary/aromatic N) is 1. The Bertz CT molecular complexity index is 1100. The van der Waals surface area contributed by atoms with Crippen LogP contribution in [0.1, 0.15) is 48.1 Å². The van der Waals surface area contributed by atoms with Crippen molar-refractivity contribution in [2.75, 3.05) is 10.2 Å². The molecule has 1 heterocycles. The molecular weight excluding hydrogens is 368 g/mol. The van der Waals surface area contributed by atoms with Gasteiger partial charge in [-0.3, -0.25) is 9.69 Å². The van der Waals surface area contributed by atoms with E-state index in [9.17, 15) is 4.79 Å². The van der Waals surface area contributed by atoms with Crippen molar-refractivity contribution < 1.29 is 4.79 Å². The topological polar surface area (TPSA) is 32.3 Å². The maximum atomic E-state index is 13.5. The minimum atomic E-state index is -0.146.